The summed E-state index contributed by atoms with van der Waals surface area (Å²) in [6.07, 6.45) is 23.8. The van der Waals surface area contributed by atoms with Crippen LogP contribution in [0.4, 0.5) is 5.82 Å². The molecule has 2 amide bonds. The number of nitrogens with one attached hydrogen (secondary N) is 2. The largest absolute Gasteiger partial charge is 0.481 e. The zero-order valence-electron chi connectivity index (χ0n) is 46.2. The molecule has 0 saturated carbocycles. The van der Waals surface area contributed by atoms with Crippen LogP contribution in [0.1, 0.15) is 188 Å². The Morgan fingerprint density at radius 3 is 1.76 bits per heavy atom. The van der Waals surface area contributed by atoms with Gasteiger partial charge in [-0.1, -0.05) is 174 Å². The Morgan fingerprint density at radius 2 is 1.24 bits per heavy atom. The van der Waals surface area contributed by atoms with Crippen LogP contribution in [0, 0.1) is 5.41 Å². The summed E-state index contributed by atoms with van der Waals surface area (Å²) in [4.78, 5) is 88.7. The van der Waals surface area contributed by atoms with Crippen molar-refractivity contribution in [3.05, 3.63) is 12.7 Å². The highest BCUT2D eigenvalue weighted by atomic mass is 32.2. The van der Waals surface area contributed by atoms with Crippen molar-refractivity contribution >= 4 is 69.1 Å². The Balaban J connectivity index is 0.0000198. The lowest BCUT2D eigenvalue weighted by Gasteiger charge is -2.30. The number of nitrogens with two attached hydrogens (primary N) is 1. The molecule has 1 fully saturated rings. The number of anilines is 1. The quantitative estimate of drug-likeness (QED) is 0.0218. The van der Waals surface area contributed by atoms with Crippen molar-refractivity contribution < 1.29 is 80.5 Å². The van der Waals surface area contributed by atoms with Crippen molar-refractivity contribution in [2.45, 2.75) is 212 Å². The van der Waals surface area contributed by atoms with E-state index >= 15 is 0 Å². The predicted molar refractivity (Wildman–Crippen MR) is 299 cm³/mol. The maximum atomic E-state index is 12.8. The number of carbonyl (C=O) groups excluding carboxylic acids is 3. The number of rotatable bonds is 43. The van der Waals surface area contributed by atoms with E-state index in [0.717, 1.165) is 48.2 Å². The second-order valence-electron chi connectivity index (χ2n) is 19.8. The average molecular weight is 1200 g/mol. The van der Waals surface area contributed by atoms with Gasteiger partial charge < -0.3 is 69.3 Å². The molecule has 3 rings (SSSR count). The molecular weight excluding hydrogens is 1100 g/mol. The van der Waals surface area contributed by atoms with Crippen molar-refractivity contribution in [3.8, 4) is 0 Å². The normalized spacial score (nSPS) is 18.5. The second-order valence-corrected chi connectivity index (χ2v) is 25.2. The van der Waals surface area contributed by atoms with E-state index in [2.05, 4.69) is 41.3 Å². The van der Waals surface area contributed by atoms with Gasteiger partial charge in [0.1, 0.15) is 36.3 Å². The van der Waals surface area contributed by atoms with E-state index in [1.807, 2.05) is 0 Å². The first-order valence-electron chi connectivity index (χ1n) is 26.6. The molecule has 0 spiro atoms. The van der Waals surface area contributed by atoms with E-state index in [4.69, 9.17) is 19.5 Å². The van der Waals surface area contributed by atoms with Crippen LogP contribution in [0.2, 0.25) is 0 Å². The fourth-order valence-electron chi connectivity index (χ4n) is 8.42. The highest BCUT2D eigenvalue weighted by molar-refractivity contribution is 8.13. The number of phosphoric acid groups is 3. The molecule has 27 nitrogen and oxygen atoms in total. The Labute approximate surface area is 464 Å². The third kappa shape index (κ3) is 30.5. The van der Waals surface area contributed by atoms with Crippen LogP contribution in [0.3, 0.4) is 0 Å². The number of aromatic nitrogens is 4. The fraction of sp³-hybridized carbons (Fsp3) is 0.830. The second kappa shape index (κ2) is 39.8. The van der Waals surface area contributed by atoms with E-state index in [0.29, 0.717) is 12.2 Å². The predicted octanol–water partition coefficient (Wildman–Crippen LogP) is 8.53. The number of aliphatic hydroxyl groups is 2. The van der Waals surface area contributed by atoms with Crippen molar-refractivity contribution in [2.24, 2.45) is 5.41 Å². The van der Waals surface area contributed by atoms with Gasteiger partial charge in [-0.15, -0.1) is 0 Å². The summed E-state index contributed by atoms with van der Waals surface area (Å²) in [5.74, 6) is -1.01. The maximum absolute atomic E-state index is 12.8. The van der Waals surface area contributed by atoms with Crippen LogP contribution in [0.5, 0.6) is 0 Å². The van der Waals surface area contributed by atoms with E-state index < -0.39 is 84.6 Å². The maximum Gasteiger partial charge on any atom is 0.481 e. The van der Waals surface area contributed by atoms with Gasteiger partial charge in [0.25, 0.3) is 0 Å². The first-order valence-corrected chi connectivity index (χ1v) is 32.1. The number of carbonyl (C=O) groups is 3. The summed E-state index contributed by atoms with van der Waals surface area (Å²) in [5, 5.41) is 26.8. The molecule has 3 unspecified atom stereocenters. The number of hydrogen-bond acceptors (Lipinski definition) is 21. The molecule has 0 radical (unpaired) electrons. The minimum absolute atomic E-state index is 0. The number of aliphatic hydroxyl groups excluding tert-OH is 2. The van der Waals surface area contributed by atoms with Crippen molar-refractivity contribution in [1.82, 2.24) is 48.6 Å². The van der Waals surface area contributed by atoms with E-state index in [9.17, 15) is 57.9 Å². The lowest BCUT2D eigenvalue weighted by molar-refractivity contribution is -0.137. The van der Waals surface area contributed by atoms with Gasteiger partial charge in [-0.05, 0) is 6.42 Å². The van der Waals surface area contributed by atoms with Crippen LogP contribution >= 0.6 is 35.2 Å². The van der Waals surface area contributed by atoms with Gasteiger partial charge in [0, 0.05) is 37.1 Å². The monoisotopic (exact) mass is 1200 g/mol. The van der Waals surface area contributed by atoms with Crippen molar-refractivity contribution in [2.75, 3.05) is 37.8 Å². The number of phosphoric ester groups is 3. The first kappa shape index (κ1) is 75.4. The molecule has 456 valence electrons. The van der Waals surface area contributed by atoms with E-state index in [-0.39, 0.29) is 60.1 Å². The van der Waals surface area contributed by atoms with Crippen LogP contribution < -0.4 is 34.8 Å². The van der Waals surface area contributed by atoms with Gasteiger partial charge in [-0.2, -0.15) is 4.31 Å². The standard InChI is InChI=1S/C47H86N7O17P3S.3H3N/c1-4-5-6-7-8-9-10-11-12-13-14-15-16-17-18-19-20-21-22-23-24-25-26-27-38(56)75-31-30-49-37(55)28-29-50-45(59)42(58)47(2,3)33-68-74(65,66)71-73(63,64)67-32-36-41(70-72(60,61)62)40(57)46(69-36)54-35-53-39-43(48)51-34-52-44(39)54;;;/h34-36,40-42,46,57-58H,4-33H2,1-3H3,(H,49,55)(H,50,59)(H,63,64)(H,65,66)(H2,48,51,52)(H2,60,61,62);3*1H3/t36-,40?,41+,42+,46-;;;/m1.../s1. The molecule has 2 aromatic rings. The molecule has 19 N–H and O–H groups in total. The van der Waals surface area contributed by atoms with Crippen LogP contribution in [0.25, 0.3) is 11.2 Å². The summed E-state index contributed by atoms with van der Waals surface area (Å²) < 4.78 is 62.6. The minimum Gasteiger partial charge on any atom is -0.386 e. The van der Waals surface area contributed by atoms with Crippen LogP contribution in [-0.2, 0) is 50.7 Å². The van der Waals surface area contributed by atoms with Crippen LogP contribution in [0.15, 0.2) is 12.7 Å². The van der Waals surface area contributed by atoms with Crippen LogP contribution in [-0.4, -0.2) is 123 Å². The SMILES string of the molecule is CCCCCCCCCCCCCCCCCCCCCCCCCC(=O)SCCNC(=O)CCNC(=O)[C@H](O)C(C)(C)COP(=O)(O)OP(=O)(O)OC[C@H]1O[C@@H](n2cnc3c(N)ncnc32)C(O)[C@H]1OP(=O)(O)O.N.N.N. The Bertz CT molecular complexity index is 2150. The number of amides is 2. The highest BCUT2D eigenvalue weighted by Crippen LogP contribution is 2.61. The lowest BCUT2D eigenvalue weighted by atomic mass is 9.87. The summed E-state index contributed by atoms with van der Waals surface area (Å²) >= 11 is 1.16. The number of unbranched alkanes of at least 4 members (excludes halogenated alkanes) is 22. The molecular formula is C47H95N10O17P3S. The lowest BCUT2D eigenvalue weighted by Crippen LogP contribution is -2.46. The molecule has 78 heavy (non-hydrogen) atoms. The molecule has 0 bridgehead atoms. The smallest absolute Gasteiger partial charge is 0.386 e. The number of fused-ring (bicyclic) bond motifs is 1. The van der Waals surface area contributed by atoms with E-state index in [1.165, 1.54) is 142 Å². The van der Waals surface area contributed by atoms with E-state index in [1.54, 1.807) is 0 Å². The minimum atomic E-state index is -5.58. The van der Waals surface area contributed by atoms with Crippen molar-refractivity contribution in [3.63, 3.8) is 0 Å². The Kier molecular flexibility index (Phi) is 38.5. The first-order chi connectivity index (χ1) is 35.6. The molecule has 2 aromatic heterocycles. The van der Waals surface area contributed by atoms with Gasteiger partial charge in [0.05, 0.1) is 19.5 Å². The molecule has 31 heteroatoms. The van der Waals surface area contributed by atoms with Gasteiger partial charge in [-0.3, -0.25) is 32.5 Å². The summed E-state index contributed by atoms with van der Waals surface area (Å²) in [5.41, 5.74) is 4.30. The molecule has 1 aliphatic rings. The van der Waals surface area contributed by atoms with Crippen molar-refractivity contribution in [1.29, 1.82) is 0 Å². The molecule has 1 saturated heterocycles. The van der Waals surface area contributed by atoms with Gasteiger partial charge in [-0.25, -0.2) is 28.6 Å². The number of nitrogen functional groups attached to an aromatic ring is 1. The third-order valence-corrected chi connectivity index (χ3v) is 16.8. The molecule has 7 atom stereocenters. The zero-order valence-corrected chi connectivity index (χ0v) is 49.7. The highest BCUT2D eigenvalue weighted by Gasteiger charge is 2.50. The summed E-state index contributed by atoms with van der Waals surface area (Å²) in [7, 11) is -16.4. The molecule has 0 aromatic carbocycles. The number of thioether (sulfide) groups is 1. The number of ether oxygens (including phenoxy) is 1. The van der Waals surface area contributed by atoms with Gasteiger partial charge >= 0.3 is 23.5 Å². The Morgan fingerprint density at radius 1 is 0.744 bits per heavy atom. The van der Waals surface area contributed by atoms with Gasteiger partial charge in [0.2, 0.25) is 11.8 Å². The molecule has 3 heterocycles. The molecule has 1 aliphatic heterocycles. The summed E-state index contributed by atoms with van der Waals surface area (Å²) in [6.45, 7) is 2.86. The number of imidazole rings is 1. The zero-order chi connectivity index (χ0) is 55.3. The van der Waals surface area contributed by atoms with Gasteiger partial charge in [0.15, 0.2) is 22.8 Å². The third-order valence-electron chi connectivity index (χ3n) is 12.7. The number of nitrogens with zero attached hydrogens (tertiary/aromatic N) is 4. The molecule has 0 aliphatic carbocycles. The number of hydrogen-bond donors (Lipinski definition) is 12. The average Bonchev–Trinajstić information content (AvgIpc) is 3.91. The topological polar surface area (TPSA) is 469 Å². The Hall–Kier alpha value is -2.56. The summed E-state index contributed by atoms with van der Waals surface area (Å²) in [6, 6.07) is 0. The fourth-order valence-corrected chi connectivity index (χ4v) is 12.0.